The number of hydrogen-bond acceptors (Lipinski definition) is 4. The fourth-order valence-corrected chi connectivity index (χ4v) is 2.82. The zero-order valence-corrected chi connectivity index (χ0v) is 12.1. The molecule has 5 heteroatoms. The number of hydrogen-bond donors (Lipinski definition) is 1. The van der Waals surface area contributed by atoms with Gasteiger partial charge in [0.25, 0.3) is 0 Å². The molecule has 0 bridgehead atoms. The molecule has 0 saturated carbocycles. The molecule has 0 saturated heterocycles. The number of nitrogens with zero attached hydrogens (tertiary/aromatic N) is 3. The number of nitrogens with one attached hydrogen (secondary N) is 1. The number of aryl methyl sites for hydroxylation is 1. The summed E-state index contributed by atoms with van der Waals surface area (Å²) >= 11 is 1.70. The van der Waals surface area contributed by atoms with Crippen LogP contribution in [0, 0.1) is 6.92 Å². The second-order valence-electron chi connectivity index (χ2n) is 4.57. The van der Waals surface area contributed by atoms with E-state index in [0.29, 0.717) is 0 Å². The van der Waals surface area contributed by atoms with Crippen LogP contribution in [0.1, 0.15) is 16.3 Å². The first-order chi connectivity index (χ1) is 9.83. The van der Waals surface area contributed by atoms with E-state index in [1.54, 1.807) is 17.5 Å². The van der Waals surface area contributed by atoms with Crippen molar-refractivity contribution in [2.75, 3.05) is 0 Å². The van der Waals surface area contributed by atoms with Gasteiger partial charge in [-0.15, -0.1) is 11.3 Å². The van der Waals surface area contributed by atoms with Gasteiger partial charge < -0.3 is 5.32 Å². The Bertz CT molecular complexity index is 673. The van der Waals surface area contributed by atoms with Crippen LogP contribution in [0.5, 0.6) is 0 Å². The Balaban J connectivity index is 1.68. The van der Waals surface area contributed by atoms with Crippen molar-refractivity contribution < 1.29 is 0 Å². The lowest BCUT2D eigenvalue weighted by Gasteiger charge is -2.09. The minimum Gasteiger partial charge on any atom is -0.306 e. The van der Waals surface area contributed by atoms with Crippen molar-refractivity contribution in [2.24, 2.45) is 0 Å². The molecule has 0 aliphatic heterocycles. The average molecular weight is 284 g/mol. The van der Waals surface area contributed by atoms with E-state index in [-0.39, 0.29) is 0 Å². The summed E-state index contributed by atoms with van der Waals surface area (Å²) in [7, 11) is 0. The molecule has 2 heterocycles. The number of thiazole rings is 1. The molecule has 0 amide bonds. The maximum Gasteiger partial charge on any atom is 0.107 e. The van der Waals surface area contributed by atoms with Crippen molar-refractivity contribution in [3.63, 3.8) is 0 Å². The van der Waals surface area contributed by atoms with Gasteiger partial charge in [0.05, 0.1) is 5.69 Å². The van der Waals surface area contributed by atoms with Crippen molar-refractivity contribution in [2.45, 2.75) is 20.0 Å². The molecule has 4 nitrogen and oxygen atoms in total. The van der Waals surface area contributed by atoms with Crippen molar-refractivity contribution in [3.8, 4) is 5.69 Å². The van der Waals surface area contributed by atoms with Gasteiger partial charge in [0.1, 0.15) is 5.01 Å². The van der Waals surface area contributed by atoms with Crippen LogP contribution in [-0.4, -0.2) is 14.8 Å². The zero-order valence-electron chi connectivity index (χ0n) is 11.3. The minimum atomic E-state index is 0.798. The highest BCUT2D eigenvalue weighted by Gasteiger charge is 2.04. The molecule has 1 aromatic carbocycles. The smallest absolute Gasteiger partial charge is 0.107 e. The van der Waals surface area contributed by atoms with Crippen molar-refractivity contribution in [3.05, 3.63) is 64.4 Å². The first-order valence-electron chi connectivity index (χ1n) is 6.52. The predicted molar refractivity (Wildman–Crippen MR) is 81.0 cm³/mol. The summed E-state index contributed by atoms with van der Waals surface area (Å²) in [5.74, 6) is 0. The van der Waals surface area contributed by atoms with Gasteiger partial charge in [-0.05, 0) is 24.6 Å². The summed E-state index contributed by atoms with van der Waals surface area (Å²) in [4.78, 5) is 4.45. The average Bonchev–Trinajstić information content (AvgIpc) is 3.11. The van der Waals surface area contributed by atoms with Crippen LogP contribution < -0.4 is 5.32 Å². The van der Waals surface area contributed by atoms with Crippen molar-refractivity contribution >= 4 is 11.3 Å². The number of para-hydroxylation sites is 1. The Kier molecular flexibility index (Phi) is 3.90. The third kappa shape index (κ3) is 2.95. The normalized spacial score (nSPS) is 10.8. The molecule has 102 valence electrons. The third-order valence-corrected chi connectivity index (χ3v) is 3.97. The van der Waals surface area contributed by atoms with E-state index in [4.69, 9.17) is 0 Å². The van der Waals surface area contributed by atoms with Crippen LogP contribution in [0.25, 0.3) is 5.69 Å². The zero-order chi connectivity index (χ0) is 13.8. The molecule has 0 aliphatic rings. The highest BCUT2D eigenvalue weighted by molar-refractivity contribution is 7.09. The van der Waals surface area contributed by atoms with Crippen LogP contribution in [0.15, 0.2) is 48.1 Å². The van der Waals surface area contributed by atoms with E-state index in [1.165, 1.54) is 5.56 Å². The highest BCUT2D eigenvalue weighted by Crippen LogP contribution is 2.14. The summed E-state index contributed by atoms with van der Waals surface area (Å²) in [6.07, 6.45) is 3.76. The maximum atomic E-state index is 4.45. The number of aromatic nitrogens is 3. The summed E-state index contributed by atoms with van der Waals surface area (Å²) in [5.41, 5.74) is 3.42. The molecule has 0 unspecified atom stereocenters. The summed E-state index contributed by atoms with van der Waals surface area (Å²) < 4.78 is 1.89. The van der Waals surface area contributed by atoms with Gasteiger partial charge in [0, 0.05) is 36.6 Å². The molecule has 0 fully saturated rings. The van der Waals surface area contributed by atoms with Gasteiger partial charge in [0.15, 0.2) is 0 Å². The SMILES string of the molecule is Cc1csc(CNCc2ccccc2-n2cccn2)n1. The van der Waals surface area contributed by atoms with Gasteiger partial charge in [-0.1, -0.05) is 18.2 Å². The van der Waals surface area contributed by atoms with Crippen LogP contribution in [0.3, 0.4) is 0 Å². The van der Waals surface area contributed by atoms with E-state index in [0.717, 1.165) is 29.5 Å². The maximum absolute atomic E-state index is 4.45. The van der Waals surface area contributed by atoms with Gasteiger partial charge in [-0.25, -0.2) is 9.67 Å². The Morgan fingerprint density at radius 3 is 2.85 bits per heavy atom. The first-order valence-corrected chi connectivity index (χ1v) is 7.40. The topological polar surface area (TPSA) is 42.7 Å². The summed E-state index contributed by atoms with van der Waals surface area (Å²) in [5, 5.41) is 10.9. The molecule has 0 spiro atoms. The van der Waals surface area contributed by atoms with Gasteiger partial charge in [0.2, 0.25) is 0 Å². The lowest BCUT2D eigenvalue weighted by atomic mass is 10.2. The molecule has 2 aromatic heterocycles. The number of rotatable bonds is 5. The Morgan fingerprint density at radius 2 is 2.10 bits per heavy atom. The molecule has 0 atom stereocenters. The molecule has 1 N–H and O–H groups in total. The van der Waals surface area contributed by atoms with Crippen molar-refractivity contribution in [1.82, 2.24) is 20.1 Å². The van der Waals surface area contributed by atoms with E-state index >= 15 is 0 Å². The van der Waals surface area contributed by atoms with E-state index in [1.807, 2.05) is 29.9 Å². The summed E-state index contributed by atoms with van der Waals surface area (Å²) in [6.45, 7) is 3.62. The predicted octanol–water partition coefficient (Wildman–Crippen LogP) is 2.93. The lowest BCUT2D eigenvalue weighted by molar-refractivity contribution is 0.682. The van der Waals surface area contributed by atoms with E-state index in [2.05, 4.69) is 39.0 Å². The molecular formula is C15H16N4S. The minimum absolute atomic E-state index is 0.798. The fourth-order valence-electron chi connectivity index (χ4n) is 2.08. The van der Waals surface area contributed by atoms with Gasteiger partial charge in [-0.3, -0.25) is 0 Å². The molecule has 20 heavy (non-hydrogen) atoms. The van der Waals surface area contributed by atoms with Crippen LogP contribution >= 0.6 is 11.3 Å². The quantitative estimate of drug-likeness (QED) is 0.783. The second-order valence-corrected chi connectivity index (χ2v) is 5.51. The lowest BCUT2D eigenvalue weighted by Crippen LogP contribution is -2.14. The molecule has 3 aromatic rings. The van der Waals surface area contributed by atoms with Crippen LogP contribution in [0.2, 0.25) is 0 Å². The molecule has 3 rings (SSSR count). The first kappa shape index (κ1) is 13.0. The third-order valence-electron chi connectivity index (χ3n) is 3.00. The fraction of sp³-hybridized carbons (Fsp3) is 0.200. The Hall–Kier alpha value is -1.98. The van der Waals surface area contributed by atoms with E-state index in [9.17, 15) is 0 Å². The molecular weight excluding hydrogens is 268 g/mol. The monoisotopic (exact) mass is 284 g/mol. The Morgan fingerprint density at radius 1 is 1.20 bits per heavy atom. The van der Waals surface area contributed by atoms with E-state index < -0.39 is 0 Å². The largest absolute Gasteiger partial charge is 0.306 e. The highest BCUT2D eigenvalue weighted by atomic mass is 32.1. The van der Waals surface area contributed by atoms with Gasteiger partial charge in [-0.2, -0.15) is 5.10 Å². The van der Waals surface area contributed by atoms with Crippen LogP contribution in [-0.2, 0) is 13.1 Å². The van der Waals surface area contributed by atoms with Crippen molar-refractivity contribution in [1.29, 1.82) is 0 Å². The molecule has 0 radical (unpaired) electrons. The Labute approximate surface area is 122 Å². The second kappa shape index (κ2) is 5.98. The summed E-state index contributed by atoms with van der Waals surface area (Å²) in [6, 6.07) is 10.2. The molecule has 0 aliphatic carbocycles. The van der Waals surface area contributed by atoms with Crippen LogP contribution in [0.4, 0.5) is 0 Å². The number of benzene rings is 1. The standard InChI is InChI=1S/C15H16N4S/c1-12-11-20-15(18-12)10-16-9-13-5-2-3-6-14(13)19-8-4-7-17-19/h2-8,11,16H,9-10H2,1H3. The van der Waals surface area contributed by atoms with Gasteiger partial charge >= 0.3 is 0 Å².